The van der Waals surface area contributed by atoms with E-state index >= 15 is 0 Å². The monoisotopic (exact) mass is 436 g/mol. The fourth-order valence-corrected chi connectivity index (χ4v) is 4.25. The molecule has 2 aromatic carbocycles. The summed E-state index contributed by atoms with van der Waals surface area (Å²) in [5.41, 5.74) is 2.81. The zero-order chi connectivity index (χ0) is 21.8. The number of halogens is 1. The Balaban J connectivity index is 1.55. The Kier molecular flexibility index (Phi) is 6.42. The lowest BCUT2D eigenvalue weighted by molar-refractivity contribution is -0.127. The molecule has 0 bridgehead atoms. The lowest BCUT2D eigenvalue weighted by atomic mass is 9.87. The summed E-state index contributed by atoms with van der Waals surface area (Å²) in [5.74, 6) is 0.280. The lowest BCUT2D eigenvalue weighted by Gasteiger charge is -2.39. The summed E-state index contributed by atoms with van der Waals surface area (Å²) >= 11 is 6.00. The van der Waals surface area contributed by atoms with Crippen molar-refractivity contribution in [2.75, 3.05) is 6.54 Å². The Labute approximate surface area is 187 Å². The van der Waals surface area contributed by atoms with Crippen LogP contribution < -0.4 is 5.32 Å². The molecule has 6 heteroatoms. The standard InChI is InChI=1S/C25H25ClN2O3/c1-17-4-2-5-19(14-17)23-12-9-20(24(29)27-15-22-6-3-13-31-22)16-28(23)25(30)18-7-10-21(26)11-8-18/h2-8,10-11,13-14,20,23H,9,12,15-16H2,1H3,(H,27,29). The second-order valence-electron chi connectivity index (χ2n) is 7.97. The van der Waals surface area contributed by atoms with Gasteiger partial charge in [-0.25, -0.2) is 0 Å². The highest BCUT2D eigenvalue weighted by Crippen LogP contribution is 2.35. The first-order chi connectivity index (χ1) is 15.0. The predicted molar refractivity (Wildman–Crippen MR) is 120 cm³/mol. The number of carbonyl (C=O) groups is 2. The van der Waals surface area contributed by atoms with Crippen molar-refractivity contribution >= 4 is 23.4 Å². The fraction of sp³-hybridized carbons (Fsp3) is 0.280. The van der Waals surface area contributed by atoms with Crippen molar-refractivity contribution < 1.29 is 14.0 Å². The maximum Gasteiger partial charge on any atom is 0.254 e. The summed E-state index contributed by atoms with van der Waals surface area (Å²) < 4.78 is 5.29. The van der Waals surface area contributed by atoms with Crippen LogP contribution in [0.3, 0.4) is 0 Å². The third-order valence-corrected chi connectivity index (χ3v) is 6.00. The van der Waals surface area contributed by atoms with Gasteiger partial charge in [-0.15, -0.1) is 0 Å². The Morgan fingerprint density at radius 2 is 1.90 bits per heavy atom. The van der Waals surface area contributed by atoms with E-state index in [1.54, 1.807) is 36.6 Å². The smallest absolute Gasteiger partial charge is 0.254 e. The number of nitrogens with one attached hydrogen (secondary N) is 1. The number of benzene rings is 2. The third-order valence-electron chi connectivity index (χ3n) is 5.75. The number of likely N-dealkylation sites (tertiary alicyclic amines) is 1. The number of amides is 2. The quantitative estimate of drug-likeness (QED) is 0.601. The van der Waals surface area contributed by atoms with Crippen molar-refractivity contribution in [2.24, 2.45) is 5.92 Å². The van der Waals surface area contributed by atoms with Crippen LogP contribution in [0.5, 0.6) is 0 Å². The van der Waals surface area contributed by atoms with Crippen LogP contribution >= 0.6 is 11.6 Å². The topological polar surface area (TPSA) is 62.6 Å². The second-order valence-corrected chi connectivity index (χ2v) is 8.40. The van der Waals surface area contributed by atoms with Crippen molar-refractivity contribution in [1.29, 1.82) is 0 Å². The number of furan rings is 1. The zero-order valence-corrected chi connectivity index (χ0v) is 18.1. The van der Waals surface area contributed by atoms with Gasteiger partial charge in [0.05, 0.1) is 24.8 Å². The van der Waals surface area contributed by atoms with Gasteiger partial charge < -0.3 is 14.6 Å². The molecule has 0 spiro atoms. The van der Waals surface area contributed by atoms with Crippen molar-refractivity contribution in [3.63, 3.8) is 0 Å². The van der Waals surface area contributed by atoms with E-state index in [-0.39, 0.29) is 23.8 Å². The SMILES string of the molecule is Cc1cccc(C2CCC(C(=O)NCc3ccco3)CN2C(=O)c2ccc(Cl)cc2)c1. The van der Waals surface area contributed by atoms with Crippen LogP contribution in [0.15, 0.2) is 71.3 Å². The minimum absolute atomic E-state index is 0.0620. The van der Waals surface area contributed by atoms with E-state index in [9.17, 15) is 9.59 Å². The van der Waals surface area contributed by atoms with Crippen molar-refractivity contribution in [1.82, 2.24) is 10.2 Å². The van der Waals surface area contributed by atoms with E-state index in [2.05, 4.69) is 17.4 Å². The van der Waals surface area contributed by atoms with Gasteiger partial charge in [-0.1, -0.05) is 41.4 Å². The lowest BCUT2D eigenvalue weighted by Crippen LogP contribution is -2.46. The van der Waals surface area contributed by atoms with Gasteiger partial charge in [-0.2, -0.15) is 0 Å². The number of nitrogens with zero attached hydrogens (tertiary/aromatic N) is 1. The Morgan fingerprint density at radius 3 is 2.61 bits per heavy atom. The highest BCUT2D eigenvalue weighted by atomic mass is 35.5. The number of hydrogen-bond acceptors (Lipinski definition) is 3. The Hall–Kier alpha value is -3.05. The summed E-state index contributed by atoms with van der Waals surface area (Å²) in [7, 11) is 0. The van der Waals surface area contributed by atoms with E-state index < -0.39 is 0 Å². The van der Waals surface area contributed by atoms with Gasteiger partial charge in [0.15, 0.2) is 0 Å². The van der Waals surface area contributed by atoms with Gasteiger partial charge in [0.25, 0.3) is 5.91 Å². The molecule has 1 N–H and O–H groups in total. The maximum absolute atomic E-state index is 13.4. The molecule has 3 aromatic rings. The molecule has 2 unspecified atom stereocenters. The average molecular weight is 437 g/mol. The molecular weight excluding hydrogens is 412 g/mol. The van der Waals surface area contributed by atoms with Crippen LogP contribution in [0.2, 0.25) is 5.02 Å². The number of rotatable bonds is 5. The van der Waals surface area contributed by atoms with Crippen LogP contribution in [-0.2, 0) is 11.3 Å². The molecule has 160 valence electrons. The molecule has 4 rings (SSSR count). The molecule has 0 radical (unpaired) electrons. The number of hydrogen-bond donors (Lipinski definition) is 1. The molecule has 1 aliphatic heterocycles. The van der Waals surface area contributed by atoms with Crippen molar-refractivity contribution in [3.05, 3.63) is 94.4 Å². The number of piperidine rings is 1. The van der Waals surface area contributed by atoms with Gasteiger partial charge in [-0.05, 0) is 61.7 Å². The van der Waals surface area contributed by atoms with Gasteiger partial charge >= 0.3 is 0 Å². The number of aryl methyl sites for hydroxylation is 1. The first-order valence-corrected chi connectivity index (χ1v) is 10.8. The van der Waals surface area contributed by atoms with Gasteiger partial charge in [0.2, 0.25) is 5.91 Å². The van der Waals surface area contributed by atoms with Crippen LogP contribution in [0.4, 0.5) is 0 Å². The molecule has 31 heavy (non-hydrogen) atoms. The van der Waals surface area contributed by atoms with Crippen LogP contribution in [0.1, 0.15) is 46.1 Å². The summed E-state index contributed by atoms with van der Waals surface area (Å²) in [4.78, 5) is 28.1. The minimum Gasteiger partial charge on any atom is -0.467 e. The van der Waals surface area contributed by atoms with E-state index in [1.165, 1.54) is 0 Å². The number of carbonyl (C=O) groups excluding carboxylic acids is 2. The summed E-state index contributed by atoms with van der Waals surface area (Å²) in [6.45, 7) is 2.75. The predicted octanol–water partition coefficient (Wildman–Crippen LogP) is 5.15. The Morgan fingerprint density at radius 1 is 1.10 bits per heavy atom. The molecule has 0 aliphatic carbocycles. The molecule has 1 saturated heterocycles. The van der Waals surface area contributed by atoms with E-state index in [4.69, 9.17) is 16.0 Å². The van der Waals surface area contributed by atoms with E-state index in [1.807, 2.05) is 30.0 Å². The van der Waals surface area contributed by atoms with Crippen LogP contribution in [0, 0.1) is 12.8 Å². The molecule has 2 atom stereocenters. The minimum atomic E-state index is -0.271. The van der Waals surface area contributed by atoms with Crippen molar-refractivity contribution in [3.8, 4) is 0 Å². The largest absolute Gasteiger partial charge is 0.467 e. The highest BCUT2D eigenvalue weighted by Gasteiger charge is 2.36. The van der Waals surface area contributed by atoms with Gasteiger partial charge in [-0.3, -0.25) is 9.59 Å². The average Bonchev–Trinajstić information content (AvgIpc) is 3.31. The fourth-order valence-electron chi connectivity index (χ4n) is 4.12. The second kappa shape index (κ2) is 9.40. The van der Waals surface area contributed by atoms with E-state index in [0.717, 1.165) is 17.5 Å². The summed E-state index contributed by atoms with van der Waals surface area (Å²) in [5, 5.41) is 3.52. The molecule has 1 aromatic heterocycles. The van der Waals surface area contributed by atoms with Crippen LogP contribution in [0.25, 0.3) is 0 Å². The van der Waals surface area contributed by atoms with E-state index in [0.29, 0.717) is 35.9 Å². The Bertz CT molecular complexity index is 1050. The molecule has 2 heterocycles. The molecule has 2 amide bonds. The highest BCUT2D eigenvalue weighted by molar-refractivity contribution is 6.30. The third kappa shape index (κ3) is 5.00. The molecule has 1 fully saturated rings. The van der Waals surface area contributed by atoms with Crippen LogP contribution in [-0.4, -0.2) is 23.3 Å². The first-order valence-electron chi connectivity index (χ1n) is 10.4. The maximum atomic E-state index is 13.4. The molecule has 1 aliphatic rings. The molecule has 5 nitrogen and oxygen atoms in total. The normalized spacial score (nSPS) is 18.6. The van der Waals surface area contributed by atoms with Crippen molar-refractivity contribution in [2.45, 2.75) is 32.4 Å². The van der Waals surface area contributed by atoms with Gasteiger partial charge in [0, 0.05) is 17.1 Å². The summed E-state index contributed by atoms with van der Waals surface area (Å²) in [6, 6.07) is 18.7. The zero-order valence-electron chi connectivity index (χ0n) is 17.4. The molecular formula is C25H25ClN2O3. The first kappa shape index (κ1) is 21.2. The van der Waals surface area contributed by atoms with Gasteiger partial charge in [0.1, 0.15) is 5.76 Å². The molecule has 0 saturated carbocycles. The summed E-state index contributed by atoms with van der Waals surface area (Å²) in [6.07, 6.45) is 3.02.